The molecule has 2 heteroatoms. The second-order valence-electron chi connectivity index (χ2n) is 5.03. The number of hydrogen-bond donors (Lipinski definition) is 0. The SMILES string of the molecule is COc1ccc(C=CC=CC=CC=Cc2ccc(OC)cc2)cc1. The van der Waals surface area contributed by atoms with Crippen LogP contribution in [0.2, 0.25) is 0 Å². The zero-order valence-corrected chi connectivity index (χ0v) is 14.1. The third-order valence-electron chi connectivity index (χ3n) is 3.36. The highest BCUT2D eigenvalue weighted by molar-refractivity contribution is 5.53. The lowest BCUT2D eigenvalue weighted by molar-refractivity contribution is 0.414. The molecule has 0 bridgehead atoms. The lowest BCUT2D eigenvalue weighted by Crippen LogP contribution is -1.81. The second kappa shape index (κ2) is 9.90. The van der Waals surface area contributed by atoms with Gasteiger partial charge in [0.1, 0.15) is 11.5 Å². The molecule has 2 nitrogen and oxygen atoms in total. The van der Waals surface area contributed by atoms with Crippen molar-refractivity contribution in [2.45, 2.75) is 0 Å². The van der Waals surface area contributed by atoms with Gasteiger partial charge in [-0.1, -0.05) is 72.9 Å². The van der Waals surface area contributed by atoms with Crippen LogP contribution in [0.3, 0.4) is 0 Å². The quantitative estimate of drug-likeness (QED) is 0.624. The standard InChI is InChI=1S/C22H22O2/c1-23-21-15-11-19(12-16-21)9-7-5-3-4-6-8-10-20-13-17-22(24-2)18-14-20/h3-18H,1-2H3. The number of methoxy groups -OCH3 is 2. The van der Waals surface area contributed by atoms with Crippen LogP contribution in [0.1, 0.15) is 11.1 Å². The van der Waals surface area contributed by atoms with E-state index in [1.807, 2.05) is 85.0 Å². The van der Waals surface area contributed by atoms with Gasteiger partial charge >= 0.3 is 0 Å². The molecule has 0 heterocycles. The molecule has 0 aliphatic rings. The van der Waals surface area contributed by atoms with Crippen molar-refractivity contribution >= 4 is 12.2 Å². The maximum absolute atomic E-state index is 5.13. The van der Waals surface area contributed by atoms with Gasteiger partial charge in [-0.2, -0.15) is 0 Å². The van der Waals surface area contributed by atoms with Gasteiger partial charge in [0, 0.05) is 0 Å². The van der Waals surface area contributed by atoms with Crippen molar-refractivity contribution in [1.29, 1.82) is 0 Å². The van der Waals surface area contributed by atoms with Crippen molar-refractivity contribution in [2.75, 3.05) is 14.2 Å². The Morgan fingerprint density at radius 2 is 0.833 bits per heavy atom. The van der Waals surface area contributed by atoms with Crippen LogP contribution in [0, 0.1) is 0 Å². The summed E-state index contributed by atoms with van der Waals surface area (Å²) in [4.78, 5) is 0. The molecule has 0 atom stereocenters. The molecule has 0 aliphatic carbocycles. The molecule has 0 radical (unpaired) electrons. The van der Waals surface area contributed by atoms with Gasteiger partial charge in [-0.3, -0.25) is 0 Å². The minimum Gasteiger partial charge on any atom is -0.497 e. The fraction of sp³-hybridized carbons (Fsp3) is 0.0909. The summed E-state index contributed by atoms with van der Waals surface area (Å²) < 4.78 is 10.3. The van der Waals surface area contributed by atoms with Crippen molar-refractivity contribution in [2.24, 2.45) is 0 Å². The Kier molecular flexibility index (Phi) is 7.16. The van der Waals surface area contributed by atoms with Crippen LogP contribution < -0.4 is 9.47 Å². The molecule has 2 rings (SSSR count). The van der Waals surface area contributed by atoms with E-state index in [4.69, 9.17) is 9.47 Å². The van der Waals surface area contributed by atoms with E-state index in [9.17, 15) is 0 Å². The molecule has 2 aromatic carbocycles. The van der Waals surface area contributed by atoms with Crippen LogP contribution in [0.5, 0.6) is 11.5 Å². The van der Waals surface area contributed by atoms with Crippen LogP contribution in [-0.2, 0) is 0 Å². The molecule has 24 heavy (non-hydrogen) atoms. The lowest BCUT2D eigenvalue weighted by atomic mass is 10.2. The minimum absolute atomic E-state index is 0.870. The molecule has 0 unspecified atom stereocenters. The van der Waals surface area contributed by atoms with Crippen LogP contribution >= 0.6 is 0 Å². The molecule has 2 aromatic rings. The molecule has 0 fully saturated rings. The summed E-state index contributed by atoms with van der Waals surface area (Å²) in [6, 6.07) is 15.9. The molecule has 0 N–H and O–H groups in total. The first-order valence-corrected chi connectivity index (χ1v) is 7.78. The van der Waals surface area contributed by atoms with E-state index in [0.717, 1.165) is 22.6 Å². The van der Waals surface area contributed by atoms with E-state index in [1.165, 1.54) is 0 Å². The summed E-state index contributed by atoms with van der Waals surface area (Å²) in [6.45, 7) is 0. The van der Waals surface area contributed by atoms with Crippen molar-refractivity contribution in [3.8, 4) is 11.5 Å². The van der Waals surface area contributed by atoms with Crippen LogP contribution in [0.15, 0.2) is 85.0 Å². The van der Waals surface area contributed by atoms with Gasteiger partial charge in [-0.25, -0.2) is 0 Å². The number of hydrogen-bond acceptors (Lipinski definition) is 2. The maximum atomic E-state index is 5.13. The predicted molar refractivity (Wildman–Crippen MR) is 102 cm³/mol. The number of ether oxygens (including phenoxy) is 2. The Morgan fingerprint density at radius 3 is 1.17 bits per heavy atom. The average molecular weight is 318 g/mol. The second-order valence-corrected chi connectivity index (χ2v) is 5.03. The number of rotatable bonds is 7. The first-order valence-electron chi connectivity index (χ1n) is 7.78. The fourth-order valence-electron chi connectivity index (χ4n) is 2.02. The molecular weight excluding hydrogens is 296 g/mol. The first kappa shape index (κ1) is 17.4. The fourth-order valence-corrected chi connectivity index (χ4v) is 2.02. The van der Waals surface area contributed by atoms with Gasteiger partial charge in [-0.15, -0.1) is 0 Å². The van der Waals surface area contributed by atoms with Gasteiger partial charge in [-0.05, 0) is 35.4 Å². The Labute approximate surface area is 144 Å². The summed E-state index contributed by atoms with van der Waals surface area (Å²) in [5.74, 6) is 1.74. The zero-order chi connectivity index (χ0) is 17.0. The van der Waals surface area contributed by atoms with Crippen molar-refractivity contribution in [3.63, 3.8) is 0 Å². The van der Waals surface area contributed by atoms with E-state index in [1.54, 1.807) is 14.2 Å². The molecule has 0 saturated carbocycles. The Morgan fingerprint density at radius 1 is 0.500 bits per heavy atom. The molecule has 0 aromatic heterocycles. The van der Waals surface area contributed by atoms with Crippen molar-refractivity contribution in [3.05, 3.63) is 96.1 Å². The summed E-state index contributed by atoms with van der Waals surface area (Å²) in [5, 5.41) is 0. The molecule has 0 aliphatic heterocycles. The summed E-state index contributed by atoms with van der Waals surface area (Å²) in [6.07, 6.45) is 16.1. The molecule has 0 saturated heterocycles. The summed E-state index contributed by atoms with van der Waals surface area (Å²) in [7, 11) is 3.34. The molecule has 0 spiro atoms. The Hall–Kier alpha value is -3.00. The highest BCUT2D eigenvalue weighted by atomic mass is 16.5. The molecule has 0 amide bonds. The number of allylic oxidation sites excluding steroid dienone is 6. The van der Waals surface area contributed by atoms with Crippen LogP contribution in [-0.4, -0.2) is 14.2 Å². The largest absolute Gasteiger partial charge is 0.497 e. The van der Waals surface area contributed by atoms with E-state index < -0.39 is 0 Å². The van der Waals surface area contributed by atoms with Gasteiger partial charge in [0.05, 0.1) is 14.2 Å². The third kappa shape index (κ3) is 6.01. The monoisotopic (exact) mass is 318 g/mol. The van der Waals surface area contributed by atoms with E-state index in [-0.39, 0.29) is 0 Å². The van der Waals surface area contributed by atoms with Gasteiger partial charge in [0.15, 0.2) is 0 Å². The smallest absolute Gasteiger partial charge is 0.118 e. The zero-order valence-electron chi connectivity index (χ0n) is 14.1. The maximum Gasteiger partial charge on any atom is 0.118 e. The van der Waals surface area contributed by atoms with Crippen molar-refractivity contribution < 1.29 is 9.47 Å². The molecule has 122 valence electrons. The van der Waals surface area contributed by atoms with Crippen LogP contribution in [0.25, 0.3) is 12.2 Å². The topological polar surface area (TPSA) is 18.5 Å². The van der Waals surface area contributed by atoms with Crippen LogP contribution in [0.4, 0.5) is 0 Å². The predicted octanol–water partition coefficient (Wildman–Crippen LogP) is 5.54. The highest BCUT2D eigenvalue weighted by Gasteiger charge is 1.89. The summed E-state index contributed by atoms with van der Waals surface area (Å²) in [5.41, 5.74) is 2.28. The average Bonchev–Trinajstić information content (AvgIpc) is 2.65. The highest BCUT2D eigenvalue weighted by Crippen LogP contribution is 2.13. The normalized spacial score (nSPS) is 11.9. The van der Waals surface area contributed by atoms with E-state index in [2.05, 4.69) is 12.2 Å². The first-order chi connectivity index (χ1) is 11.8. The Balaban J connectivity index is 1.78. The third-order valence-corrected chi connectivity index (χ3v) is 3.36. The van der Waals surface area contributed by atoms with Gasteiger partial charge < -0.3 is 9.47 Å². The van der Waals surface area contributed by atoms with Crippen molar-refractivity contribution in [1.82, 2.24) is 0 Å². The summed E-state index contributed by atoms with van der Waals surface area (Å²) >= 11 is 0. The Bertz CT molecular complexity index is 652. The molecular formula is C22H22O2. The van der Waals surface area contributed by atoms with Gasteiger partial charge in [0.2, 0.25) is 0 Å². The number of benzene rings is 2. The minimum atomic E-state index is 0.870. The van der Waals surface area contributed by atoms with E-state index >= 15 is 0 Å². The van der Waals surface area contributed by atoms with E-state index in [0.29, 0.717) is 0 Å². The van der Waals surface area contributed by atoms with Gasteiger partial charge in [0.25, 0.3) is 0 Å². The lowest BCUT2D eigenvalue weighted by Gasteiger charge is -1.98.